The van der Waals surface area contributed by atoms with Crippen molar-refractivity contribution in [3.63, 3.8) is 0 Å². The Morgan fingerprint density at radius 2 is 2.20 bits per heavy atom. The van der Waals surface area contributed by atoms with E-state index in [1.54, 1.807) is 6.92 Å². The van der Waals surface area contributed by atoms with E-state index in [1.807, 2.05) is 0 Å². The quantitative estimate of drug-likeness (QED) is 0.785. The van der Waals surface area contributed by atoms with Gasteiger partial charge < -0.3 is 19.7 Å². The largest absolute Gasteiger partial charge is 0.492 e. The van der Waals surface area contributed by atoms with Crippen molar-refractivity contribution >= 4 is 11.8 Å². The molecule has 0 saturated carbocycles. The summed E-state index contributed by atoms with van der Waals surface area (Å²) in [5, 5.41) is 19.7. The smallest absolute Gasteiger partial charge is 0.338 e. The number of hydrogen-bond donors (Lipinski definition) is 2. The second-order valence-corrected chi connectivity index (χ2v) is 4.42. The lowest BCUT2D eigenvalue weighted by Crippen LogP contribution is -2.30. The molecule has 0 fully saturated rings. The normalized spacial score (nSPS) is 16.9. The molecule has 108 valence electrons. The van der Waals surface area contributed by atoms with Gasteiger partial charge in [-0.1, -0.05) is 6.07 Å². The molecule has 0 spiro atoms. The third-order valence-corrected chi connectivity index (χ3v) is 3.06. The SMILES string of the molecule is CCOC(=O)C(O)C(O)c1ccc2c(c1)OCCC2=O. The average Bonchev–Trinajstić information content (AvgIpc) is 2.46. The molecule has 2 N–H and O–H groups in total. The number of Topliss-reactive ketones (excluding diaryl/α,β-unsaturated/α-hetero) is 1. The third-order valence-electron chi connectivity index (χ3n) is 3.06. The lowest BCUT2D eigenvalue weighted by atomic mass is 9.98. The first-order valence-corrected chi connectivity index (χ1v) is 6.37. The van der Waals surface area contributed by atoms with Crippen molar-refractivity contribution in [2.24, 2.45) is 0 Å². The first-order valence-electron chi connectivity index (χ1n) is 6.37. The van der Waals surface area contributed by atoms with Gasteiger partial charge in [0, 0.05) is 6.42 Å². The molecule has 0 aliphatic carbocycles. The monoisotopic (exact) mass is 280 g/mol. The number of carbonyl (C=O) groups excluding carboxylic acids is 2. The summed E-state index contributed by atoms with van der Waals surface area (Å²) in [5.41, 5.74) is 0.733. The molecule has 1 aliphatic heterocycles. The highest BCUT2D eigenvalue weighted by Crippen LogP contribution is 2.29. The van der Waals surface area contributed by atoms with Crippen molar-refractivity contribution in [2.75, 3.05) is 13.2 Å². The fourth-order valence-electron chi connectivity index (χ4n) is 2.00. The van der Waals surface area contributed by atoms with E-state index < -0.39 is 18.2 Å². The van der Waals surface area contributed by atoms with E-state index >= 15 is 0 Å². The standard InChI is InChI=1S/C14H16O6/c1-2-19-14(18)13(17)12(16)8-3-4-9-10(15)5-6-20-11(9)7-8/h3-4,7,12-13,16-17H,2,5-6H2,1H3. The number of benzene rings is 1. The van der Waals surface area contributed by atoms with E-state index in [1.165, 1.54) is 18.2 Å². The van der Waals surface area contributed by atoms with Gasteiger partial charge in [0.05, 0.1) is 18.8 Å². The molecule has 0 bridgehead atoms. The molecule has 0 radical (unpaired) electrons. The molecule has 0 saturated heterocycles. The summed E-state index contributed by atoms with van der Waals surface area (Å²) in [5.74, 6) is -0.568. The van der Waals surface area contributed by atoms with Crippen molar-refractivity contribution in [3.05, 3.63) is 29.3 Å². The maximum absolute atomic E-state index is 11.6. The molecule has 0 aromatic heterocycles. The molecule has 2 unspecified atom stereocenters. The Kier molecular flexibility index (Phi) is 4.36. The van der Waals surface area contributed by atoms with E-state index in [4.69, 9.17) is 4.74 Å². The van der Waals surface area contributed by atoms with Crippen molar-refractivity contribution in [1.29, 1.82) is 0 Å². The van der Waals surface area contributed by atoms with Crippen LogP contribution in [-0.4, -0.2) is 41.3 Å². The highest BCUT2D eigenvalue weighted by atomic mass is 16.5. The van der Waals surface area contributed by atoms with Crippen molar-refractivity contribution < 1.29 is 29.3 Å². The number of fused-ring (bicyclic) bond motifs is 1. The van der Waals surface area contributed by atoms with Crippen LogP contribution in [0.3, 0.4) is 0 Å². The second-order valence-electron chi connectivity index (χ2n) is 4.42. The van der Waals surface area contributed by atoms with Crippen molar-refractivity contribution in [3.8, 4) is 5.75 Å². The predicted octanol–water partition coefficient (Wildman–Crippen LogP) is 0.609. The Bertz CT molecular complexity index is 524. The van der Waals surface area contributed by atoms with Crippen LogP contribution in [0, 0.1) is 0 Å². The lowest BCUT2D eigenvalue weighted by Gasteiger charge is -2.20. The molecule has 0 amide bonds. The van der Waals surface area contributed by atoms with Gasteiger partial charge in [-0.05, 0) is 24.6 Å². The first-order chi connectivity index (χ1) is 9.54. The molecule has 1 heterocycles. The Labute approximate surface area is 115 Å². The molecule has 2 atom stereocenters. The van der Waals surface area contributed by atoms with Crippen LogP contribution in [0.25, 0.3) is 0 Å². The minimum Gasteiger partial charge on any atom is -0.492 e. The van der Waals surface area contributed by atoms with Gasteiger partial charge in [-0.3, -0.25) is 4.79 Å². The summed E-state index contributed by atoms with van der Waals surface area (Å²) >= 11 is 0. The number of ether oxygens (including phenoxy) is 2. The van der Waals surface area contributed by atoms with Crippen LogP contribution in [0.1, 0.15) is 35.4 Å². The van der Waals surface area contributed by atoms with E-state index in [0.29, 0.717) is 23.3 Å². The molecular formula is C14H16O6. The van der Waals surface area contributed by atoms with Gasteiger partial charge in [-0.25, -0.2) is 4.79 Å². The van der Waals surface area contributed by atoms with Crippen LogP contribution in [-0.2, 0) is 9.53 Å². The molecular weight excluding hydrogens is 264 g/mol. The summed E-state index contributed by atoms with van der Waals surface area (Å²) in [6, 6.07) is 4.46. The first kappa shape index (κ1) is 14.5. The number of rotatable bonds is 4. The Hall–Kier alpha value is -1.92. The zero-order chi connectivity index (χ0) is 14.7. The van der Waals surface area contributed by atoms with E-state index in [0.717, 1.165) is 0 Å². The molecule has 1 aromatic rings. The van der Waals surface area contributed by atoms with Gasteiger partial charge in [-0.2, -0.15) is 0 Å². The molecule has 6 heteroatoms. The highest BCUT2D eigenvalue weighted by molar-refractivity contribution is 5.99. The summed E-state index contributed by atoms with van der Waals surface area (Å²) in [6.45, 7) is 2.01. The van der Waals surface area contributed by atoms with Crippen molar-refractivity contribution in [1.82, 2.24) is 0 Å². The van der Waals surface area contributed by atoms with Gasteiger partial charge in [0.25, 0.3) is 0 Å². The van der Waals surface area contributed by atoms with Gasteiger partial charge in [0.15, 0.2) is 11.9 Å². The van der Waals surface area contributed by atoms with Crippen LogP contribution in [0.5, 0.6) is 5.75 Å². The molecule has 1 aliphatic rings. The van der Waals surface area contributed by atoms with Crippen molar-refractivity contribution in [2.45, 2.75) is 25.6 Å². The van der Waals surface area contributed by atoms with E-state index in [-0.39, 0.29) is 19.0 Å². The highest BCUT2D eigenvalue weighted by Gasteiger charge is 2.28. The van der Waals surface area contributed by atoms with E-state index in [2.05, 4.69) is 4.74 Å². The number of aliphatic hydroxyl groups excluding tert-OH is 2. The second kappa shape index (κ2) is 6.02. The number of ketones is 1. The minimum absolute atomic E-state index is 0.0294. The molecule has 1 aromatic carbocycles. The summed E-state index contributed by atoms with van der Waals surface area (Å²) < 4.78 is 9.98. The fourth-order valence-corrected chi connectivity index (χ4v) is 2.00. The zero-order valence-electron chi connectivity index (χ0n) is 11.0. The van der Waals surface area contributed by atoms with Gasteiger partial charge in [0.1, 0.15) is 11.9 Å². The maximum atomic E-state index is 11.6. The fraction of sp³-hybridized carbons (Fsp3) is 0.429. The molecule has 20 heavy (non-hydrogen) atoms. The van der Waals surface area contributed by atoms with Crippen LogP contribution in [0.4, 0.5) is 0 Å². The van der Waals surface area contributed by atoms with Crippen LogP contribution < -0.4 is 4.74 Å². The molecule has 6 nitrogen and oxygen atoms in total. The van der Waals surface area contributed by atoms with Crippen LogP contribution in [0.2, 0.25) is 0 Å². The van der Waals surface area contributed by atoms with E-state index in [9.17, 15) is 19.8 Å². The summed E-state index contributed by atoms with van der Waals surface area (Å²) in [7, 11) is 0. The summed E-state index contributed by atoms with van der Waals surface area (Å²) in [4.78, 5) is 23.0. The maximum Gasteiger partial charge on any atom is 0.338 e. The Morgan fingerprint density at radius 3 is 2.90 bits per heavy atom. The zero-order valence-corrected chi connectivity index (χ0v) is 11.0. The van der Waals surface area contributed by atoms with Gasteiger partial charge >= 0.3 is 5.97 Å². The minimum atomic E-state index is -1.67. The topological polar surface area (TPSA) is 93.1 Å². The average molecular weight is 280 g/mol. The predicted molar refractivity (Wildman–Crippen MR) is 68.5 cm³/mol. The Morgan fingerprint density at radius 1 is 1.45 bits per heavy atom. The number of carbonyl (C=O) groups is 2. The number of hydrogen-bond acceptors (Lipinski definition) is 6. The van der Waals surface area contributed by atoms with Gasteiger partial charge in [-0.15, -0.1) is 0 Å². The van der Waals surface area contributed by atoms with Crippen LogP contribution in [0.15, 0.2) is 18.2 Å². The molecule has 2 rings (SSSR count). The Balaban J connectivity index is 2.21. The summed E-state index contributed by atoms with van der Waals surface area (Å²) in [6.07, 6.45) is -2.78. The van der Waals surface area contributed by atoms with Gasteiger partial charge in [0.2, 0.25) is 0 Å². The third kappa shape index (κ3) is 2.81. The number of aliphatic hydroxyl groups is 2. The number of esters is 1. The van der Waals surface area contributed by atoms with Crippen LogP contribution >= 0.6 is 0 Å². The lowest BCUT2D eigenvalue weighted by molar-refractivity contribution is -0.159.